The Bertz CT molecular complexity index is 913. The molecule has 146 valence electrons. The Morgan fingerprint density at radius 2 is 1.81 bits per heavy atom. The van der Waals surface area contributed by atoms with Crippen molar-refractivity contribution in [3.05, 3.63) is 35.2 Å². The van der Waals surface area contributed by atoms with Gasteiger partial charge in [-0.3, -0.25) is 14.5 Å². The summed E-state index contributed by atoms with van der Waals surface area (Å²) in [4.78, 5) is 25.9. The number of carbonyl (C=O) groups excluding carboxylic acids is 2. The highest BCUT2D eigenvalue weighted by Gasteiger charge is 2.45. The third kappa shape index (κ3) is 3.80. The molecule has 1 saturated heterocycles. The van der Waals surface area contributed by atoms with E-state index in [1.165, 1.54) is 24.3 Å². The zero-order chi connectivity index (χ0) is 20.4. The molecular weight excluding hydrogens is 366 g/mol. The van der Waals surface area contributed by atoms with Gasteiger partial charge in [0, 0.05) is 6.42 Å². The Hall–Kier alpha value is -2.48. The molecule has 0 radical (unpaired) electrons. The van der Waals surface area contributed by atoms with Gasteiger partial charge in [-0.1, -0.05) is 33.8 Å². The van der Waals surface area contributed by atoms with Crippen LogP contribution in [0.25, 0.3) is 0 Å². The molecule has 27 heavy (non-hydrogen) atoms. The van der Waals surface area contributed by atoms with Gasteiger partial charge in [0.2, 0.25) is 21.7 Å². The molecule has 0 aromatic heterocycles. The first-order chi connectivity index (χ1) is 12.6. The van der Waals surface area contributed by atoms with E-state index >= 15 is 0 Å². The van der Waals surface area contributed by atoms with Crippen LogP contribution in [-0.4, -0.2) is 25.9 Å². The highest BCUT2D eigenvalue weighted by atomic mass is 32.2. The minimum absolute atomic E-state index is 0.0545. The van der Waals surface area contributed by atoms with Gasteiger partial charge < -0.3 is 5.84 Å². The van der Waals surface area contributed by atoms with Crippen LogP contribution in [0.1, 0.15) is 47.0 Å². The Balaban J connectivity index is 2.43. The van der Waals surface area contributed by atoms with E-state index in [-0.39, 0.29) is 28.0 Å². The second-order valence-corrected chi connectivity index (χ2v) is 8.92. The van der Waals surface area contributed by atoms with E-state index in [0.29, 0.717) is 24.2 Å². The Labute approximate surface area is 159 Å². The van der Waals surface area contributed by atoms with Crippen LogP contribution in [0.15, 0.2) is 45.2 Å². The molecule has 1 aliphatic rings. The molecule has 1 aromatic carbocycles. The number of benzene rings is 1. The zero-order valence-corrected chi connectivity index (χ0v) is 16.8. The lowest BCUT2D eigenvalue weighted by Gasteiger charge is -2.18. The van der Waals surface area contributed by atoms with E-state index in [9.17, 15) is 18.0 Å². The molecule has 2 rings (SSSR count). The molecule has 1 aliphatic heterocycles. The standard InChI is InChI=1S/C19H25N3O4S/c1-5-7-16(15(6-2)21-20)27(25,26)14-10-8-13(9-11-14)22-17(23)12-19(3,4)18(22)24/h7-11H,5-6,12,20H2,1-4H3/b16-7-,21-15-. The van der Waals surface area contributed by atoms with Crippen molar-refractivity contribution in [1.82, 2.24) is 0 Å². The van der Waals surface area contributed by atoms with E-state index in [0.717, 1.165) is 4.90 Å². The third-order valence-electron chi connectivity index (χ3n) is 4.48. The normalized spacial score (nSPS) is 18.3. The summed E-state index contributed by atoms with van der Waals surface area (Å²) in [6.45, 7) is 7.04. The molecule has 0 bridgehead atoms. The minimum atomic E-state index is -3.81. The largest absolute Gasteiger partial charge is 0.323 e. The summed E-state index contributed by atoms with van der Waals surface area (Å²) < 4.78 is 26.0. The fourth-order valence-corrected chi connectivity index (χ4v) is 4.65. The van der Waals surface area contributed by atoms with Crippen LogP contribution in [0, 0.1) is 5.41 Å². The predicted octanol–water partition coefficient (Wildman–Crippen LogP) is 2.77. The van der Waals surface area contributed by atoms with Crippen LogP contribution in [-0.2, 0) is 19.4 Å². The quantitative estimate of drug-likeness (QED) is 0.347. The molecule has 0 spiro atoms. The molecule has 1 fully saturated rings. The smallest absolute Gasteiger partial charge is 0.239 e. The zero-order valence-electron chi connectivity index (χ0n) is 16.0. The Morgan fingerprint density at radius 3 is 2.22 bits per heavy atom. The van der Waals surface area contributed by atoms with Crippen LogP contribution in [0.4, 0.5) is 5.69 Å². The van der Waals surface area contributed by atoms with Gasteiger partial charge in [-0.05, 0) is 37.1 Å². The topological polar surface area (TPSA) is 110 Å². The maximum atomic E-state index is 13.0. The molecule has 1 aromatic rings. The number of amides is 2. The summed E-state index contributed by atoms with van der Waals surface area (Å²) in [6, 6.07) is 5.73. The molecule has 2 amide bonds. The van der Waals surface area contributed by atoms with Gasteiger partial charge in [0.1, 0.15) is 0 Å². The number of nitrogens with zero attached hydrogens (tertiary/aromatic N) is 2. The number of carbonyl (C=O) groups is 2. The lowest BCUT2D eigenvalue weighted by molar-refractivity contribution is -0.124. The van der Waals surface area contributed by atoms with Gasteiger partial charge in [-0.2, -0.15) is 5.10 Å². The summed E-state index contributed by atoms with van der Waals surface area (Å²) in [6.07, 6.45) is 2.60. The fourth-order valence-electron chi connectivity index (χ4n) is 3.01. The van der Waals surface area contributed by atoms with Crippen molar-refractivity contribution >= 4 is 33.1 Å². The van der Waals surface area contributed by atoms with Gasteiger partial charge >= 0.3 is 0 Å². The number of anilines is 1. The summed E-state index contributed by atoms with van der Waals surface area (Å²) in [5, 5.41) is 3.61. The fraction of sp³-hybridized carbons (Fsp3) is 0.421. The first-order valence-corrected chi connectivity index (χ1v) is 10.3. The monoisotopic (exact) mass is 391 g/mol. The molecule has 2 N–H and O–H groups in total. The number of hydrogen-bond acceptors (Lipinski definition) is 6. The highest BCUT2D eigenvalue weighted by molar-refractivity contribution is 7.96. The van der Waals surface area contributed by atoms with Crippen LogP contribution >= 0.6 is 0 Å². The number of rotatable bonds is 6. The lowest BCUT2D eigenvalue weighted by atomic mass is 9.92. The highest BCUT2D eigenvalue weighted by Crippen LogP contribution is 2.35. The maximum absolute atomic E-state index is 13.0. The first kappa shape index (κ1) is 20.8. The van der Waals surface area contributed by atoms with Crippen LogP contribution in [0.3, 0.4) is 0 Å². The number of nitrogens with two attached hydrogens (primary N) is 1. The average molecular weight is 391 g/mol. The summed E-state index contributed by atoms with van der Waals surface area (Å²) in [5.41, 5.74) is -0.0988. The summed E-state index contributed by atoms with van der Waals surface area (Å²) in [5.74, 6) is 4.76. The maximum Gasteiger partial charge on any atom is 0.239 e. The molecule has 8 heteroatoms. The lowest BCUT2D eigenvalue weighted by Crippen LogP contribution is -2.32. The summed E-state index contributed by atoms with van der Waals surface area (Å²) >= 11 is 0. The first-order valence-electron chi connectivity index (χ1n) is 8.80. The molecule has 0 atom stereocenters. The van der Waals surface area contributed by atoms with Crippen LogP contribution in [0.5, 0.6) is 0 Å². The second-order valence-electron chi connectivity index (χ2n) is 7.00. The van der Waals surface area contributed by atoms with Crippen molar-refractivity contribution < 1.29 is 18.0 Å². The van der Waals surface area contributed by atoms with Gasteiger partial charge in [0.25, 0.3) is 0 Å². The minimum Gasteiger partial charge on any atom is -0.323 e. The van der Waals surface area contributed by atoms with Crippen molar-refractivity contribution in [2.24, 2.45) is 16.4 Å². The van der Waals surface area contributed by atoms with Gasteiger partial charge in [0.15, 0.2) is 0 Å². The number of allylic oxidation sites excluding steroid dienone is 2. The second kappa shape index (κ2) is 7.64. The molecule has 0 saturated carbocycles. The number of hydrazone groups is 1. The summed E-state index contributed by atoms with van der Waals surface area (Å²) in [7, 11) is -3.81. The predicted molar refractivity (Wildman–Crippen MR) is 105 cm³/mol. The number of imide groups is 1. The van der Waals surface area contributed by atoms with Crippen molar-refractivity contribution in [3.63, 3.8) is 0 Å². The van der Waals surface area contributed by atoms with Crippen molar-refractivity contribution in [2.45, 2.75) is 51.9 Å². The van der Waals surface area contributed by atoms with Gasteiger partial charge in [-0.15, -0.1) is 0 Å². The van der Waals surface area contributed by atoms with E-state index in [2.05, 4.69) is 5.10 Å². The van der Waals surface area contributed by atoms with Crippen molar-refractivity contribution in [3.8, 4) is 0 Å². The van der Waals surface area contributed by atoms with Crippen molar-refractivity contribution in [1.29, 1.82) is 0 Å². The van der Waals surface area contributed by atoms with Crippen LogP contribution < -0.4 is 10.7 Å². The molecule has 0 unspecified atom stereocenters. The number of sulfone groups is 1. The molecule has 1 heterocycles. The van der Waals surface area contributed by atoms with E-state index in [1.54, 1.807) is 26.8 Å². The van der Waals surface area contributed by atoms with Crippen molar-refractivity contribution in [2.75, 3.05) is 4.90 Å². The Kier molecular flexibility index (Phi) is 5.89. The van der Waals surface area contributed by atoms with E-state index < -0.39 is 15.3 Å². The van der Waals surface area contributed by atoms with E-state index in [4.69, 9.17) is 5.84 Å². The van der Waals surface area contributed by atoms with Gasteiger partial charge in [0.05, 0.1) is 26.6 Å². The van der Waals surface area contributed by atoms with Crippen LogP contribution in [0.2, 0.25) is 0 Å². The Morgan fingerprint density at radius 1 is 1.22 bits per heavy atom. The van der Waals surface area contributed by atoms with Gasteiger partial charge in [-0.25, -0.2) is 8.42 Å². The third-order valence-corrected chi connectivity index (χ3v) is 6.36. The number of hydrogen-bond donors (Lipinski definition) is 1. The molecule has 7 nitrogen and oxygen atoms in total. The van der Waals surface area contributed by atoms with E-state index in [1.807, 2.05) is 6.92 Å². The average Bonchev–Trinajstić information content (AvgIpc) is 2.82. The SMILES string of the molecule is CC/C=C(/C(CC)=N\N)S(=O)(=O)c1ccc(N2C(=O)CC(C)(C)C2=O)cc1. The molecular formula is C19H25N3O4S. The molecule has 0 aliphatic carbocycles.